The van der Waals surface area contributed by atoms with E-state index in [0.717, 1.165) is 30.2 Å². The van der Waals surface area contributed by atoms with Gasteiger partial charge in [-0.2, -0.15) is 0 Å². The molecule has 0 radical (unpaired) electrons. The molecule has 0 spiro atoms. The Morgan fingerprint density at radius 3 is 2.68 bits per heavy atom. The highest BCUT2D eigenvalue weighted by molar-refractivity contribution is 5.60. The average Bonchev–Trinajstić information content (AvgIpc) is 2.79. The Kier molecular flexibility index (Phi) is 4.91. The predicted molar refractivity (Wildman–Crippen MR) is 76.2 cm³/mol. The Bertz CT molecular complexity index is 408. The Labute approximate surface area is 115 Å². The van der Waals surface area contributed by atoms with Crippen LogP contribution >= 0.6 is 0 Å². The summed E-state index contributed by atoms with van der Waals surface area (Å²) in [6, 6.07) is 6.22. The molecule has 4 nitrogen and oxygen atoms in total. The molecular weight excluding hydrogens is 242 g/mol. The van der Waals surface area contributed by atoms with Crippen LogP contribution in [0.15, 0.2) is 18.2 Å². The van der Waals surface area contributed by atoms with Crippen molar-refractivity contribution in [1.29, 1.82) is 0 Å². The van der Waals surface area contributed by atoms with E-state index in [1.54, 1.807) is 0 Å². The SMILES string of the molecule is CCOc1ccc(OCC)c(NC2CCOC2C)c1. The molecule has 0 aliphatic carbocycles. The minimum atomic E-state index is 0.227. The van der Waals surface area contributed by atoms with Crippen molar-refractivity contribution in [3.63, 3.8) is 0 Å². The normalized spacial score (nSPS) is 22.3. The fourth-order valence-electron chi connectivity index (χ4n) is 2.28. The van der Waals surface area contributed by atoms with E-state index in [-0.39, 0.29) is 6.10 Å². The second-order valence-corrected chi connectivity index (χ2v) is 4.64. The minimum absolute atomic E-state index is 0.227. The van der Waals surface area contributed by atoms with Gasteiger partial charge in [0.1, 0.15) is 11.5 Å². The number of benzene rings is 1. The molecule has 106 valence electrons. The van der Waals surface area contributed by atoms with Crippen LogP contribution in [0.5, 0.6) is 11.5 Å². The van der Waals surface area contributed by atoms with Crippen molar-refractivity contribution in [3.8, 4) is 11.5 Å². The highest BCUT2D eigenvalue weighted by atomic mass is 16.5. The van der Waals surface area contributed by atoms with Crippen LogP contribution in [0.25, 0.3) is 0 Å². The van der Waals surface area contributed by atoms with Gasteiger partial charge in [-0.25, -0.2) is 0 Å². The van der Waals surface area contributed by atoms with Gasteiger partial charge in [0.25, 0.3) is 0 Å². The van der Waals surface area contributed by atoms with Crippen molar-refractivity contribution in [2.75, 3.05) is 25.1 Å². The smallest absolute Gasteiger partial charge is 0.142 e. The second kappa shape index (κ2) is 6.66. The van der Waals surface area contributed by atoms with E-state index in [9.17, 15) is 0 Å². The molecule has 1 aliphatic rings. The quantitative estimate of drug-likeness (QED) is 0.858. The number of ether oxygens (including phenoxy) is 3. The molecule has 1 aromatic rings. The van der Waals surface area contributed by atoms with Crippen LogP contribution in [0.2, 0.25) is 0 Å². The van der Waals surface area contributed by atoms with Gasteiger partial charge in [-0.1, -0.05) is 0 Å². The van der Waals surface area contributed by atoms with Crippen LogP contribution in [0.3, 0.4) is 0 Å². The molecule has 0 aromatic heterocycles. The van der Waals surface area contributed by atoms with E-state index in [0.29, 0.717) is 19.3 Å². The summed E-state index contributed by atoms with van der Waals surface area (Å²) >= 11 is 0. The largest absolute Gasteiger partial charge is 0.494 e. The number of nitrogens with one attached hydrogen (secondary N) is 1. The molecule has 0 saturated carbocycles. The van der Waals surface area contributed by atoms with E-state index in [1.165, 1.54) is 0 Å². The van der Waals surface area contributed by atoms with Gasteiger partial charge in [0.15, 0.2) is 0 Å². The third-order valence-corrected chi connectivity index (χ3v) is 3.28. The van der Waals surface area contributed by atoms with Crippen LogP contribution < -0.4 is 14.8 Å². The van der Waals surface area contributed by atoms with E-state index >= 15 is 0 Å². The van der Waals surface area contributed by atoms with E-state index in [1.807, 2.05) is 32.0 Å². The molecule has 0 bridgehead atoms. The summed E-state index contributed by atoms with van der Waals surface area (Å²) < 4.78 is 16.8. The molecule has 1 heterocycles. The molecular formula is C15H23NO3. The van der Waals surface area contributed by atoms with Gasteiger partial charge < -0.3 is 19.5 Å². The maximum atomic E-state index is 5.66. The molecule has 1 saturated heterocycles. The molecule has 4 heteroatoms. The Hall–Kier alpha value is -1.42. The summed E-state index contributed by atoms with van der Waals surface area (Å²) in [5, 5.41) is 3.51. The van der Waals surface area contributed by atoms with Crippen molar-refractivity contribution in [2.24, 2.45) is 0 Å². The van der Waals surface area contributed by atoms with Crippen molar-refractivity contribution in [3.05, 3.63) is 18.2 Å². The van der Waals surface area contributed by atoms with Crippen LogP contribution in [0.4, 0.5) is 5.69 Å². The Morgan fingerprint density at radius 2 is 2.05 bits per heavy atom. The number of anilines is 1. The summed E-state index contributed by atoms with van der Waals surface area (Å²) in [5.74, 6) is 1.73. The third-order valence-electron chi connectivity index (χ3n) is 3.28. The lowest BCUT2D eigenvalue weighted by Crippen LogP contribution is -2.26. The van der Waals surface area contributed by atoms with Gasteiger partial charge >= 0.3 is 0 Å². The summed E-state index contributed by atoms with van der Waals surface area (Å²) in [6.45, 7) is 8.19. The van der Waals surface area contributed by atoms with Gasteiger partial charge in [0.05, 0.1) is 31.0 Å². The van der Waals surface area contributed by atoms with Crippen molar-refractivity contribution in [2.45, 2.75) is 39.3 Å². The van der Waals surface area contributed by atoms with Gasteiger partial charge in [0.2, 0.25) is 0 Å². The van der Waals surface area contributed by atoms with E-state index in [2.05, 4.69) is 12.2 Å². The highest BCUT2D eigenvalue weighted by Gasteiger charge is 2.24. The van der Waals surface area contributed by atoms with Crippen LogP contribution in [-0.2, 0) is 4.74 Å². The lowest BCUT2D eigenvalue weighted by atomic mass is 10.1. The van der Waals surface area contributed by atoms with Crippen molar-refractivity contribution >= 4 is 5.69 Å². The third kappa shape index (κ3) is 3.53. The van der Waals surface area contributed by atoms with Crippen LogP contribution in [0.1, 0.15) is 27.2 Å². The fourth-order valence-corrected chi connectivity index (χ4v) is 2.28. The Morgan fingerprint density at radius 1 is 1.26 bits per heavy atom. The molecule has 1 N–H and O–H groups in total. The van der Waals surface area contributed by atoms with Gasteiger partial charge in [0, 0.05) is 12.7 Å². The monoisotopic (exact) mass is 265 g/mol. The highest BCUT2D eigenvalue weighted by Crippen LogP contribution is 2.31. The first kappa shape index (κ1) is 14.0. The zero-order valence-electron chi connectivity index (χ0n) is 11.9. The number of rotatable bonds is 6. The van der Waals surface area contributed by atoms with Crippen LogP contribution in [0, 0.1) is 0 Å². The summed E-state index contributed by atoms with van der Waals surface area (Å²) in [6.07, 6.45) is 1.25. The van der Waals surface area contributed by atoms with Crippen LogP contribution in [-0.4, -0.2) is 32.0 Å². The summed E-state index contributed by atoms with van der Waals surface area (Å²) in [5.41, 5.74) is 0.982. The van der Waals surface area contributed by atoms with Crippen molar-refractivity contribution < 1.29 is 14.2 Å². The summed E-state index contributed by atoms with van der Waals surface area (Å²) in [7, 11) is 0. The van der Waals surface area contributed by atoms with Gasteiger partial charge in [-0.15, -0.1) is 0 Å². The zero-order chi connectivity index (χ0) is 13.7. The van der Waals surface area contributed by atoms with E-state index < -0.39 is 0 Å². The van der Waals surface area contributed by atoms with Crippen molar-refractivity contribution in [1.82, 2.24) is 0 Å². The lowest BCUT2D eigenvalue weighted by Gasteiger charge is -2.20. The molecule has 1 aliphatic heterocycles. The lowest BCUT2D eigenvalue weighted by molar-refractivity contribution is 0.121. The van der Waals surface area contributed by atoms with Gasteiger partial charge in [-0.3, -0.25) is 0 Å². The molecule has 0 amide bonds. The maximum absolute atomic E-state index is 5.66. The standard InChI is InChI=1S/C15H23NO3/c1-4-17-12-6-7-15(18-5-2)14(10-12)16-13-8-9-19-11(13)3/h6-7,10-11,13,16H,4-5,8-9H2,1-3H3. The first-order chi connectivity index (χ1) is 9.24. The predicted octanol–water partition coefficient (Wildman–Crippen LogP) is 3.07. The number of hydrogen-bond donors (Lipinski definition) is 1. The molecule has 2 rings (SSSR count). The minimum Gasteiger partial charge on any atom is -0.494 e. The number of hydrogen-bond acceptors (Lipinski definition) is 4. The fraction of sp³-hybridized carbons (Fsp3) is 0.600. The first-order valence-electron chi connectivity index (χ1n) is 7.02. The summed E-state index contributed by atoms with van der Waals surface area (Å²) in [4.78, 5) is 0. The molecule has 19 heavy (non-hydrogen) atoms. The second-order valence-electron chi connectivity index (χ2n) is 4.64. The zero-order valence-corrected chi connectivity index (χ0v) is 11.9. The Balaban J connectivity index is 2.16. The topological polar surface area (TPSA) is 39.7 Å². The van der Waals surface area contributed by atoms with E-state index in [4.69, 9.17) is 14.2 Å². The molecule has 2 unspecified atom stereocenters. The molecule has 1 aromatic carbocycles. The molecule has 1 fully saturated rings. The first-order valence-corrected chi connectivity index (χ1v) is 7.02. The average molecular weight is 265 g/mol. The molecule has 2 atom stereocenters. The maximum Gasteiger partial charge on any atom is 0.142 e. The van der Waals surface area contributed by atoms with Gasteiger partial charge in [-0.05, 0) is 39.3 Å².